The van der Waals surface area contributed by atoms with Crippen LogP contribution in [0.1, 0.15) is 22.6 Å². The van der Waals surface area contributed by atoms with Crippen molar-refractivity contribution in [1.82, 2.24) is 15.0 Å². The second-order valence-electron chi connectivity index (χ2n) is 7.00. The minimum atomic E-state index is 0.821. The van der Waals surface area contributed by atoms with Gasteiger partial charge in [-0.3, -0.25) is 0 Å². The minimum Gasteiger partial charge on any atom is -0.368 e. The molecule has 0 atom stereocenters. The molecule has 0 radical (unpaired) electrons. The van der Waals surface area contributed by atoms with E-state index in [1.165, 1.54) is 16.8 Å². The number of benzene rings is 1. The molecule has 1 saturated heterocycles. The Hall–Kier alpha value is -2.56. The highest BCUT2D eigenvalue weighted by Gasteiger charge is 2.22. The van der Waals surface area contributed by atoms with Crippen LogP contribution in [0.2, 0.25) is 0 Å². The normalized spacial score (nSPS) is 15.2. The summed E-state index contributed by atoms with van der Waals surface area (Å²) in [5, 5.41) is 1.13. The van der Waals surface area contributed by atoms with Gasteiger partial charge in [0.2, 0.25) is 0 Å². The molecule has 0 spiro atoms. The van der Waals surface area contributed by atoms with Crippen LogP contribution in [0, 0.1) is 27.7 Å². The van der Waals surface area contributed by atoms with Crippen LogP contribution in [-0.2, 0) is 0 Å². The number of aromatic nitrogens is 3. The summed E-state index contributed by atoms with van der Waals surface area (Å²) < 4.78 is 0. The van der Waals surface area contributed by atoms with Gasteiger partial charge in [0, 0.05) is 37.6 Å². The zero-order valence-electron chi connectivity index (χ0n) is 15.4. The molecule has 5 heteroatoms. The molecule has 3 aromatic rings. The smallest absolute Gasteiger partial charge is 0.143 e. The van der Waals surface area contributed by atoms with E-state index in [0.717, 1.165) is 54.5 Å². The molecule has 1 aliphatic heterocycles. The SMILES string of the molecule is Cc1nc(N2CCN(c3cccc(C)c3C)CC2)c2cc(C)[nH]c2n1. The molecule has 130 valence electrons. The maximum Gasteiger partial charge on any atom is 0.143 e. The minimum absolute atomic E-state index is 0.821. The van der Waals surface area contributed by atoms with Gasteiger partial charge < -0.3 is 14.8 Å². The Kier molecular flexibility index (Phi) is 3.86. The second-order valence-corrected chi connectivity index (χ2v) is 7.00. The molecule has 0 amide bonds. The van der Waals surface area contributed by atoms with E-state index in [2.05, 4.69) is 64.8 Å². The summed E-state index contributed by atoms with van der Waals surface area (Å²) in [6.07, 6.45) is 0. The van der Waals surface area contributed by atoms with Crippen molar-refractivity contribution in [3.05, 3.63) is 46.9 Å². The van der Waals surface area contributed by atoms with Gasteiger partial charge in [0.25, 0.3) is 0 Å². The third-order valence-corrected chi connectivity index (χ3v) is 5.21. The lowest BCUT2D eigenvalue weighted by molar-refractivity contribution is 0.646. The van der Waals surface area contributed by atoms with Gasteiger partial charge in [0.05, 0.1) is 5.39 Å². The number of anilines is 2. The third kappa shape index (κ3) is 2.84. The lowest BCUT2D eigenvalue weighted by Gasteiger charge is -2.37. The highest BCUT2D eigenvalue weighted by molar-refractivity contribution is 5.88. The van der Waals surface area contributed by atoms with Crippen molar-refractivity contribution in [1.29, 1.82) is 0 Å². The number of hydrogen-bond acceptors (Lipinski definition) is 4. The van der Waals surface area contributed by atoms with Crippen LogP contribution in [0.4, 0.5) is 11.5 Å². The Morgan fingerprint density at radius 2 is 1.64 bits per heavy atom. The van der Waals surface area contributed by atoms with Crippen LogP contribution >= 0.6 is 0 Å². The van der Waals surface area contributed by atoms with Gasteiger partial charge in [-0.05, 0) is 51.0 Å². The molecule has 0 aliphatic carbocycles. The maximum absolute atomic E-state index is 4.74. The summed E-state index contributed by atoms with van der Waals surface area (Å²) in [6.45, 7) is 12.4. The van der Waals surface area contributed by atoms with E-state index in [1.54, 1.807) is 0 Å². The Balaban J connectivity index is 1.59. The number of H-pyrrole nitrogens is 1. The van der Waals surface area contributed by atoms with Crippen molar-refractivity contribution in [2.24, 2.45) is 0 Å². The molecule has 1 aromatic carbocycles. The number of aromatic amines is 1. The summed E-state index contributed by atoms with van der Waals surface area (Å²) in [5.74, 6) is 1.88. The number of nitrogens with one attached hydrogen (secondary N) is 1. The number of fused-ring (bicyclic) bond motifs is 1. The first-order valence-electron chi connectivity index (χ1n) is 8.93. The molecule has 3 heterocycles. The molecule has 0 saturated carbocycles. The lowest BCUT2D eigenvalue weighted by Crippen LogP contribution is -2.47. The summed E-state index contributed by atoms with van der Waals surface area (Å²) in [4.78, 5) is 17.5. The van der Waals surface area contributed by atoms with Crippen LogP contribution in [0.5, 0.6) is 0 Å². The average Bonchev–Trinajstić information content (AvgIpc) is 2.97. The second kappa shape index (κ2) is 6.06. The Bertz CT molecular complexity index is 919. The quantitative estimate of drug-likeness (QED) is 0.778. The third-order valence-electron chi connectivity index (χ3n) is 5.21. The van der Waals surface area contributed by atoms with Gasteiger partial charge in [-0.25, -0.2) is 9.97 Å². The topological polar surface area (TPSA) is 48.1 Å². The van der Waals surface area contributed by atoms with Crippen LogP contribution in [-0.4, -0.2) is 41.1 Å². The summed E-state index contributed by atoms with van der Waals surface area (Å²) >= 11 is 0. The molecule has 4 rings (SSSR count). The molecular formula is C20H25N5. The van der Waals surface area contributed by atoms with Crippen LogP contribution in [0.3, 0.4) is 0 Å². The van der Waals surface area contributed by atoms with E-state index in [4.69, 9.17) is 4.98 Å². The predicted octanol–water partition coefficient (Wildman–Crippen LogP) is 3.52. The number of piperazine rings is 1. The predicted molar refractivity (Wildman–Crippen MR) is 104 cm³/mol. The Morgan fingerprint density at radius 3 is 2.40 bits per heavy atom. The van der Waals surface area contributed by atoms with Crippen molar-refractivity contribution >= 4 is 22.5 Å². The first kappa shape index (κ1) is 15.9. The molecule has 0 bridgehead atoms. The molecule has 0 unspecified atom stereocenters. The van der Waals surface area contributed by atoms with Crippen LogP contribution < -0.4 is 9.80 Å². The first-order chi connectivity index (χ1) is 12.0. The van der Waals surface area contributed by atoms with Crippen LogP contribution in [0.25, 0.3) is 11.0 Å². The van der Waals surface area contributed by atoms with Gasteiger partial charge in [-0.1, -0.05) is 12.1 Å². The number of nitrogens with zero attached hydrogens (tertiary/aromatic N) is 4. The molecular weight excluding hydrogens is 310 g/mol. The van der Waals surface area contributed by atoms with E-state index in [1.807, 2.05) is 6.92 Å². The van der Waals surface area contributed by atoms with Crippen LogP contribution in [0.15, 0.2) is 24.3 Å². The standard InChI is InChI=1S/C20H25N5/c1-13-6-5-7-18(15(13)3)24-8-10-25(11-9-24)20-17-12-14(2)21-19(17)22-16(4)23-20/h5-7,12H,8-11H2,1-4H3,(H,21,22,23). The van der Waals surface area contributed by atoms with Crippen molar-refractivity contribution in [3.63, 3.8) is 0 Å². The molecule has 2 aromatic heterocycles. The van der Waals surface area contributed by atoms with E-state index in [0.29, 0.717) is 0 Å². The van der Waals surface area contributed by atoms with Gasteiger partial charge in [-0.15, -0.1) is 0 Å². The van der Waals surface area contributed by atoms with Gasteiger partial charge in [0.15, 0.2) is 0 Å². The lowest BCUT2D eigenvalue weighted by atomic mass is 10.1. The fourth-order valence-electron chi connectivity index (χ4n) is 3.71. The number of aryl methyl sites for hydroxylation is 3. The van der Waals surface area contributed by atoms with Crippen molar-refractivity contribution in [2.45, 2.75) is 27.7 Å². The molecule has 1 aliphatic rings. The molecule has 1 N–H and O–H groups in total. The number of rotatable bonds is 2. The van der Waals surface area contributed by atoms with Crippen molar-refractivity contribution in [2.75, 3.05) is 36.0 Å². The molecule has 5 nitrogen and oxygen atoms in total. The monoisotopic (exact) mass is 335 g/mol. The highest BCUT2D eigenvalue weighted by atomic mass is 15.3. The fraction of sp³-hybridized carbons (Fsp3) is 0.400. The average molecular weight is 335 g/mol. The van der Waals surface area contributed by atoms with E-state index in [9.17, 15) is 0 Å². The van der Waals surface area contributed by atoms with Gasteiger partial charge in [0.1, 0.15) is 17.3 Å². The highest BCUT2D eigenvalue weighted by Crippen LogP contribution is 2.28. The van der Waals surface area contributed by atoms with Crippen molar-refractivity contribution < 1.29 is 0 Å². The van der Waals surface area contributed by atoms with E-state index in [-0.39, 0.29) is 0 Å². The molecule has 1 fully saturated rings. The molecule has 25 heavy (non-hydrogen) atoms. The summed E-state index contributed by atoms with van der Waals surface area (Å²) in [6, 6.07) is 8.73. The van der Waals surface area contributed by atoms with E-state index >= 15 is 0 Å². The zero-order valence-corrected chi connectivity index (χ0v) is 15.4. The van der Waals surface area contributed by atoms with Gasteiger partial charge in [-0.2, -0.15) is 0 Å². The summed E-state index contributed by atoms with van der Waals surface area (Å²) in [7, 11) is 0. The zero-order chi connectivity index (χ0) is 17.6. The fourth-order valence-corrected chi connectivity index (χ4v) is 3.71. The van der Waals surface area contributed by atoms with Gasteiger partial charge >= 0.3 is 0 Å². The Morgan fingerprint density at radius 1 is 0.920 bits per heavy atom. The number of hydrogen-bond donors (Lipinski definition) is 1. The summed E-state index contributed by atoms with van der Waals surface area (Å²) in [5.41, 5.74) is 6.18. The van der Waals surface area contributed by atoms with Crippen molar-refractivity contribution in [3.8, 4) is 0 Å². The first-order valence-corrected chi connectivity index (χ1v) is 8.93. The van der Waals surface area contributed by atoms with E-state index < -0.39 is 0 Å². The maximum atomic E-state index is 4.74. The largest absolute Gasteiger partial charge is 0.368 e. The Labute approximate surface area is 148 Å².